The highest BCUT2D eigenvalue weighted by Gasteiger charge is 2.30. The molecule has 3 aromatic heterocycles. The molecule has 0 aliphatic carbocycles. The van der Waals surface area contributed by atoms with E-state index in [0.717, 1.165) is 0 Å². The average molecular weight is 815 g/mol. The van der Waals surface area contributed by atoms with E-state index >= 15 is 0 Å². The van der Waals surface area contributed by atoms with Crippen LogP contribution in [0.3, 0.4) is 0 Å². The van der Waals surface area contributed by atoms with Crippen LogP contribution in [0.15, 0.2) is 103 Å². The van der Waals surface area contributed by atoms with Crippen molar-refractivity contribution in [2.24, 2.45) is 0 Å². The topological polar surface area (TPSA) is 14.8 Å². The third kappa shape index (κ3) is 5.45. The molecule has 8 aromatic carbocycles. The van der Waals surface area contributed by atoms with Gasteiger partial charge in [-0.25, -0.2) is 0 Å². The minimum absolute atomic E-state index is 1.17. The molecule has 0 unspecified atom stereocenters. The summed E-state index contributed by atoms with van der Waals surface area (Å²) in [7, 11) is 33.0. The van der Waals surface area contributed by atoms with Crippen molar-refractivity contribution in [3.8, 4) is 28.2 Å². The zero-order valence-electron chi connectivity index (χ0n) is 40.7. The third-order valence-electron chi connectivity index (χ3n) is 16.5. The van der Waals surface area contributed by atoms with Crippen LogP contribution < -0.4 is 76.5 Å². The molecular formula is C48H45B14N3. The summed E-state index contributed by atoms with van der Waals surface area (Å²) in [5.74, 6) is 0. The standard InChI is InChI=1S/C48H45B14N3/c49-30-24(32(51)40(59)45-26(30)28-34(53)36(55)38(57)42(61)46(28)64(45)19-12-5-2-6-13-19)25-31(50)27-29-35(54)37(56)39(58)43(62)48(29)65(47(27)41(60)33(25)52)23-17-9-15-21-20-14-7-8-16-22(20)63(44(21)23)18-10-3-1-4-11-18/h1-17H,49-62H2. The fourth-order valence-electron chi connectivity index (χ4n) is 12.3. The number of fused-ring (bicyclic) bond motifs is 9. The van der Waals surface area contributed by atoms with Gasteiger partial charge >= 0.3 is 0 Å². The van der Waals surface area contributed by atoms with Crippen molar-refractivity contribution in [1.82, 2.24) is 13.7 Å². The normalized spacial score (nSPS) is 11.9. The highest BCUT2D eigenvalue weighted by Crippen LogP contribution is 2.39. The summed E-state index contributed by atoms with van der Waals surface area (Å²) < 4.78 is 7.73. The molecule has 0 saturated carbocycles. The van der Waals surface area contributed by atoms with E-state index in [1.54, 1.807) is 0 Å². The van der Waals surface area contributed by atoms with E-state index in [1.807, 2.05) is 0 Å². The van der Waals surface area contributed by atoms with Gasteiger partial charge in [0.1, 0.15) is 110 Å². The van der Waals surface area contributed by atoms with Crippen molar-refractivity contribution < 1.29 is 0 Å². The SMILES string of the molecule is Bc1c(B)c(B)c2c(c1B)c1c(B)c(-c3c(B)c(B)c4c(c3B)c3c(B)c(B)c(B)c(B)c3n4-c3cccc4c5ccccc5n(-c5ccccc5)c34)c(B)c(B)c1n2-c1ccccc1. The Morgan fingerprint density at radius 2 is 0.615 bits per heavy atom. The molecule has 0 fully saturated rings. The van der Waals surface area contributed by atoms with E-state index in [-0.39, 0.29) is 0 Å². The molecule has 0 bridgehead atoms. The lowest BCUT2D eigenvalue weighted by Crippen LogP contribution is -2.48. The molecule has 3 nitrogen and oxygen atoms in total. The van der Waals surface area contributed by atoms with Gasteiger partial charge < -0.3 is 13.7 Å². The maximum atomic E-state index is 2.66. The van der Waals surface area contributed by atoms with Crippen molar-refractivity contribution in [3.05, 3.63) is 103 Å². The van der Waals surface area contributed by atoms with Crippen LogP contribution in [0, 0.1) is 0 Å². The molecule has 0 radical (unpaired) electrons. The number of hydrogen-bond acceptors (Lipinski definition) is 0. The first-order valence-electron chi connectivity index (χ1n) is 23.4. The molecule has 0 saturated heterocycles. The van der Waals surface area contributed by atoms with Gasteiger partial charge in [0.05, 0.1) is 16.7 Å². The number of aromatic nitrogens is 3. The van der Waals surface area contributed by atoms with E-state index < -0.39 is 0 Å². The molecule has 11 rings (SSSR count). The third-order valence-corrected chi connectivity index (χ3v) is 16.5. The van der Waals surface area contributed by atoms with Gasteiger partial charge in [-0.1, -0.05) is 132 Å². The Morgan fingerprint density at radius 3 is 1.11 bits per heavy atom. The molecule has 3 heterocycles. The molecule has 0 spiro atoms. The predicted molar refractivity (Wildman–Crippen MR) is 329 cm³/mol. The fraction of sp³-hybridized carbons (Fsp3) is 0. The summed E-state index contributed by atoms with van der Waals surface area (Å²) in [6, 6.07) is 37.8. The van der Waals surface area contributed by atoms with Gasteiger partial charge in [-0.15, -0.1) is 10.9 Å². The number of benzene rings is 8. The Kier molecular flexibility index (Phi) is 9.50. The van der Waals surface area contributed by atoms with Gasteiger partial charge in [0.2, 0.25) is 0 Å². The molecule has 294 valence electrons. The van der Waals surface area contributed by atoms with Crippen LogP contribution in [0.5, 0.6) is 0 Å². The van der Waals surface area contributed by atoms with Gasteiger partial charge in [-0.3, -0.25) is 0 Å². The number of nitrogens with zero attached hydrogens (tertiary/aromatic N) is 3. The number of hydrogen-bond donors (Lipinski definition) is 0. The lowest BCUT2D eigenvalue weighted by atomic mass is 9.61. The Bertz CT molecular complexity index is 3930. The molecule has 65 heavy (non-hydrogen) atoms. The van der Waals surface area contributed by atoms with Crippen molar-refractivity contribution in [3.63, 3.8) is 0 Å². The lowest BCUT2D eigenvalue weighted by Gasteiger charge is -2.24. The Hall–Kier alpha value is -5.93. The van der Waals surface area contributed by atoms with Crippen LogP contribution in [-0.2, 0) is 0 Å². The van der Waals surface area contributed by atoms with Crippen molar-refractivity contribution in [2.45, 2.75) is 0 Å². The largest absolute Gasteiger partial charge is 0.310 e. The zero-order valence-corrected chi connectivity index (χ0v) is 40.7. The van der Waals surface area contributed by atoms with E-state index in [1.165, 1.54) is 170 Å². The minimum atomic E-state index is 1.17. The van der Waals surface area contributed by atoms with Crippen molar-refractivity contribution in [2.75, 3.05) is 0 Å². The van der Waals surface area contributed by atoms with Crippen LogP contribution in [0.1, 0.15) is 0 Å². The van der Waals surface area contributed by atoms with E-state index in [2.05, 4.69) is 227 Å². The van der Waals surface area contributed by atoms with E-state index in [0.29, 0.717) is 0 Å². The Morgan fingerprint density at radius 1 is 0.246 bits per heavy atom. The summed E-state index contributed by atoms with van der Waals surface area (Å²) in [4.78, 5) is 0. The summed E-state index contributed by atoms with van der Waals surface area (Å²) in [5.41, 5.74) is 33.1. The molecular weight excluding hydrogens is 770 g/mol. The van der Waals surface area contributed by atoms with Gasteiger partial charge in [0.25, 0.3) is 0 Å². The first-order valence-corrected chi connectivity index (χ1v) is 23.4. The summed E-state index contributed by atoms with van der Waals surface area (Å²) in [5, 5.41) is 8.02. The molecule has 0 N–H and O–H groups in total. The zero-order chi connectivity index (χ0) is 45.7. The molecule has 17 heteroatoms. The maximum Gasteiger partial charge on any atom is 0.141 e. The minimum Gasteiger partial charge on any atom is -0.310 e. The molecule has 0 atom stereocenters. The van der Waals surface area contributed by atoms with Gasteiger partial charge in [-0.05, 0) is 58.3 Å². The lowest BCUT2D eigenvalue weighted by molar-refractivity contribution is 1.13. The second-order valence-electron chi connectivity index (χ2n) is 19.3. The van der Waals surface area contributed by atoms with Gasteiger partial charge in [0, 0.05) is 55.0 Å². The van der Waals surface area contributed by atoms with Crippen LogP contribution in [0.25, 0.3) is 93.6 Å². The number of para-hydroxylation sites is 4. The van der Waals surface area contributed by atoms with E-state index in [9.17, 15) is 0 Å². The Balaban J connectivity index is 1.34. The first-order chi connectivity index (χ1) is 31.2. The summed E-state index contributed by atoms with van der Waals surface area (Å²) in [6.45, 7) is 0. The smallest absolute Gasteiger partial charge is 0.141 e. The van der Waals surface area contributed by atoms with Gasteiger partial charge in [-0.2, -0.15) is 0 Å². The molecule has 0 aliphatic rings. The van der Waals surface area contributed by atoms with E-state index in [4.69, 9.17) is 0 Å². The molecule has 0 amide bonds. The maximum absolute atomic E-state index is 2.66. The van der Waals surface area contributed by atoms with Crippen molar-refractivity contribution in [1.29, 1.82) is 0 Å². The first kappa shape index (κ1) is 41.8. The second-order valence-corrected chi connectivity index (χ2v) is 19.3. The van der Waals surface area contributed by atoms with Crippen LogP contribution >= 0.6 is 0 Å². The van der Waals surface area contributed by atoms with Crippen LogP contribution in [0.4, 0.5) is 0 Å². The second kappa shape index (κ2) is 14.8. The highest BCUT2D eigenvalue weighted by molar-refractivity contribution is 6.72. The Labute approximate surface area is 394 Å². The van der Waals surface area contributed by atoms with Crippen LogP contribution in [0.2, 0.25) is 0 Å². The van der Waals surface area contributed by atoms with Gasteiger partial charge in [0.15, 0.2) is 0 Å². The summed E-state index contributed by atoms with van der Waals surface area (Å²) in [6.07, 6.45) is 0. The highest BCUT2D eigenvalue weighted by atomic mass is 15.1. The van der Waals surface area contributed by atoms with Crippen molar-refractivity contribution >= 4 is 252 Å². The summed E-state index contributed by atoms with van der Waals surface area (Å²) >= 11 is 0. The number of rotatable bonds is 4. The monoisotopic (exact) mass is 817 g/mol. The predicted octanol–water partition coefficient (Wildman–Crippen LogP) is -11.7. The fourth-order valence-corrected chi connectivity index (χ4v) is 12.3. The quantitative estimate of drug-likeness (QED) is 0.157. The molecule has 11 aromatic rings. The average Bonchev–Trinajstić information content (AvgIpc) is 3.99. The van der Waals surface area contributed by atoms with Crippen LogP contribution in [-0.4, -0.2) is 124 Å². The molecule has 0 aliphatic heterocycles.